The number of benzene rings is 1. The Morgan fingerprint density at radius 3 is 3.07 bits per heavy atom. The van der Waals surface area contributed by atoms with Crippen molar-refractivity contribution in [3.63, 3.8) is 0 Å². The normalized spacial score (nSPS) is 16.4. The average molecular weight is 414 g/mol. The van der Waals surface area contributed by atoms with Crippen LogP contribution in [0.2, 0.25) is 0 Å². The Kier molecular flexibility index (Phi) is 6.14. The predicted octanol–water partition coefficient (Wildman–Crippen LogP) is 4.48. The van der Waals surface area contributed by atoms with Crippen LogP contribution in [-0.4, -0.2) is 45.9 Å². The summed E-state index contributed by atoms with van der Waals surface area (Å²) in [5.74, 6) is 0.0385. The fraction of sp³-hybridized carbons (Fsp3) is 0.333. The maximum atomic E-state index is 13.4. The SMILES string of the molecule is CSc1nccn1-c1cccc(C(=O)N(Cc2cccs2)CC2CCCO2)c1. The number of nitrogens with zero attached hydrogens (tertiary/aromatic N) is 3. The highest BCUT2D eigenvalue weighted by atomic mass is 32.2. The minimum atomic E-state index is 0.0385. The van der Waals surface area contributed by atoms with E-state index in [-0.39, 0.29) is 12.0 Å². The minimum Gasteiger partial charge on any atom is -0.376 e. The molecule has 0 radical (unpaired) electrons. The van der Waals surface area contributed by atoms with Crippen molar-refractivity contribution in [2.24, 2.45) is 0 Å². The smallest absolute Gasteiger partial charge is 0.254 e. The molecule has 1 aliphatic rings. The quantitative estimate of drug-likeness (QED) is 0.536. The van der Waals surface area contributed by atoms with E-state index in [4.69, 9.17) is 4.74 Å². The van der Waals surface area contributed by atoms with Gasteiger partial charge in [0.25, 0.3) is 5.91 Å². The Balaban J connectivity index is 1.59. The number of ether oxygens (including phenoxy) is 1. The highest BCUT2D eigenvalue weighted by Gasteiger charge is 2.24. The number of hydrogen-bond acceptors (Lipinski definition) is 5. The van der Waals surface area contributed by atoms with Crippen molar-refractivity contribution in [2.75, 3.05) is 19.4 Å². The van der Waals surface area contributed by atoms with E-state index in [1.165, 1.54) is 4.88 Å². The molecule has 0 bridgehead atoms. The lowest BCUT2D eigenvalue weighted by atomic mass is 10.1. The molecule has 1 unspecified atom stereocenters. The molecule has 1 atom stereocenters. The summed E-state index contributed by atoms with van der Waals surface area (Å²) in [6.45, 7) is 2.03. The van der Waals surface area contributed by atoms with Gasteiger partial charge in [-0.2, -0.15) is 0 Å². The lowest BCUT2D eigenvalue weighted by molar-refractivity contribution is 0.0509. The summed E-state index contributed by atoms with van der Waals surface area (Å²) in [5.41, 5.74) is 1.63. The number of carbonyl (C=O) groups is 1. The summed E-state index contributed by atoms with van der Waals surface area (Å²) in [5, 5.41) is 2.95. The van der Waals surface area contributed by atoms with Crippen LogP contribution in [0.25, 0.3) is 5.69 Å². The van der Waals surface area contributed by atoms with Crippen LogP contribution in [0.5, 0.6) is 0 Å². The molecule has 4 rings (SSSR count). The second kappa shape index (κ2) is 8.94. The fourth-order valence-corrected chi connectivity index (χ4v) is 4.70. The van der Waals surface area contributed by atoms with Crippen LogP contribution < -0.4 is 0 Å². The Labute approximate surface area is 173 Å². The van der Waals surface area contributed by atoms with E-state index in [9.17, 15) is 4.79 Å². The van der Waals surface area contributed by atoms with Gasteiger partial charge in [-0.25, -0.2) is 4.98 Å². The molecule has 1 fully saturated rings. The monoisotopic (exact) mass is 413 g/mol. The third-order valence-electron chi connectivity index (χ3n) is 4.82. The number of rotatable bonds is 7. The first-order valence-electron chi connectivity index (χ1n) is 9.35. The van der Waals surface area contributed by atoms with Crippen molar-refractivity contribution < 1.29 is 9.53 Å². The number of aromatic nitrogens is 2. The van der Waals surface area contributed by atoms with Crippen LogP contribution in [0, 0.1) is 0 Å². The Morgan fingerprint density at radius 1 is 1.39 bits per heavy atom. The van der Waals surface area contributed by atoms with Gasteiger partial charge in [0.1, 0.15) is 0 Å². The molecule has 0 spiro atoms. The second-order valence-electron chi connectivity index (χ2n) is 6.73. The van der Waals surface area contributed by atoms with Crippen molar-refractivity contribution in [1.29, 1.82) is 0 Å². The molecular formula is C21H23N3O2S2. The molecule has 5 nitrogen and oxygen atoms in total. The number of thioether (sulfide) groups is 1. The zero-order valence-electron chi connectivity index (χ0n) is 15.8. The van der Waals surface area contributed by atoms with Gasteiger partial charge in [-0.3, -0.25) is 9.36 Å². The molecule has 0 aliphatic carbocycles. The first-order valence-corrected chi connectivity index (χ1v) is 11.5. The molecule has 0 saturated carbocycles. The van der Waals surface area contributed by atoms with Crippen molar-refractivity contribution in [3.05, 3.63) is 64.6 Å². The molecule has 0 N–H and O–H groups in total. The van der Waals surface area contributed by atoms with Crippen molar-refractivity contribution in [3.8, 4) is 5.69 Å². The van der Waals surface area contributed by atoms with Crippen LogP contribution >= 0.6 is 23.1 Å². The summed E-state index contributed by atoms with van der Waals surface area (Å²) in [6.07, 6.45) is 7.91. The maximum Gasteiger partial charge on any atom is 0.254 e. The lowest BCUT2D eigenvalue weighted by Crippen LogP contribution is -2.36. The van der Waals surface area contributed by atoms with Crippen LogP contribution in [-0.2, 0) is 11.3 Å². The number of thiophene rings is 1. The summed E-state index contributed by atoms with van der Waals surface area (Å²) in [6, 6.07) is 11.9. The molecule has 7 heteroatoms. The topological polar surface area (TPSA) is 47.4 Å². The standard InChI is InChI=1S/C21H23N3O2S2/c1-27-21-22-9-10-24(21)17-6-2-5-16(13-17)20(25)23(14-18-7-3-11-26-18)15-19-8-4-12-28-19/h2,4-6,8-10,12-13,18H,3,7,11,14-15H2,1H3. The Morgan fingerprint density at radius 2 is 2.32 bits per heavy atom. The first kappa shape index (κ1) is 19.2. The first-order chi connectivity index (χ1) is 13.7. The summed E-state index contributed by atoms with van der Waals surface area (Å²) >= 11 is 3.26. The van der Waals surface area contributed by atoms with E-state index < -0.39 is 0 Å². The number of carbonyl (C=O) groups excluding carboxylic acids is 1. The third-order valence-corrected chi connectivity index (χ3v) is 6.35. The molecule has 1 saturated heterocycles. The summed E-state index contributed by atoms with van der Waals surface area (Å²) in [4.78, 5) is 20.8. The number of imidazole rings is 1. The van der Waals surface area contributed by atoms with E-state index in [1.54, 1.807) is 29.3 Å². The van der Waals surface area contributed by atoms with Crippen molar-refractivity contribution in [1.82, 2.24) is 14.5 Å². The molecule has 1 aliphatic heterocycles. The fourth-order valence-electron chi connectivity index (χ4n) is 3.45. The van der Waals surface area contributed by atoms with E-state index in [2.05, 4.69) is 11.1 Å². The zero-order chi connectivity index (χ0) is 19.3. The largest absolute Gasteiger partial charge is 0.376 e. The number of amides is 1. The molecule has 3 aromatic rings. The maximum absolute atomic E-state index is 13.4. The highest BCUT2D eigenvalue weighted by molar-refractivity contribution is 7.98. The highest BCUT2D eigenvalue weighted by Crippen LogP contribution is 2.22. The van der Waals surface area contributed by atoms with Crippen molar-refractivity contribution >= 4 is 29.0 Å². The van der Waals surface area contributed by atoms with Crippen LogP contribution in [0.15, 0.2) is 59.3 Å². The van der Waals surface area contributed by atoms with E-state index in [1.807, 2.05) is 57.6 Å². The Hall–Kier alpha value is -2.09. The molecule has 3 heterocycles. The van der Waals surface area contributed by atoms with Gasteiger partial charge in [0.2, 0.25) is 0 Å². The average Bonchev–Trinajstić information content (AvgIpc) is 3.49. The van der Waals surface area contributed by atoms with Gasteiger partial charge >= 0.3 is 0 Å². The van der Waals surface area contributed by atoms with Crippen LogP contribution in [0.3, 0.4) is 0 Å². The van der Waals surface area contributed by atoms with Crippen LogP contribution in [0.1, 0.15) is 28.1 Å². The van der Waals surface area contributed by atoms with E-state index >= 15 is 0 Å². The van der Waals surface area contributed by atoms with Gasteiger partial charge in [0.15, 0.2) is 5.16 Å². The molecule has 1 amide bonds. The van der Waals surface area contributed by atoms with Gasteiger partial charge in [-0.05, 0) is 48.7 Å². The molecule has 146 valence electrons. The van der Waals surface area contributed by atoms with E-state index in [0.717, 1.165) is 30.3 Å². The Bertz CT molecular complexity index is 917. The number of hydrogen-bond donors (Lipinski definition) is 0. The van der Waals surface area contributed by atoms with E-state index in [0.29, 0.717) is 18.7 Å². The van der Waals surface area contributed by atoms with Gasteiger partial charge < -0.3 is 9.64 Å². The minimum absolute atomic E-state index is 0.0385. The second-order valence-corrected chi connectivity index (χ2v) is 8.54. The van der Waals surface area contributed by atoms with Crippen LogP contribution in [0.4, 0.5) is 0 Å². The predicted molar refractivity (Wildman–Crippen MR) is 113 cm³/mol. The molecule has 1 aromatic carbocycles. The molecular weight excluding hydrogens is 390 g/mol. The summed E-state index contributed by atoms with van der Waals surface area (Å²) < 4.78 is 7.80. The van der Waals surface area contributed by atoms with Gasteiger partial charge in [-0.15, -0.1) is 11.3 Å². The molecule has 28 heavy (non-hydrogen) atoms. The third kappa shape index (κ3) is 4.32. The zero-order valence-corrected chi connectivity index (χ0v) is 17.4. The van der Waals surface area contributed by atoms with Gasteiger partial charge in [0, 0.05) is 41.7 Å². The van der Waals surface area contributed by atoms with Gasteiger partial charge in [0.05, 0.1) is 12.6 Å². The molecule has 2 aromatic heterocycles. The lowest BCUT2D eigenvalue weighted by Gasteiger charge is -2.25. The van der Waals surface area contributed by atoms with Crippen molar-refractivity contribution in [2.45, 2.75) is 30.6 Å². The summed E-state index contributed by atoms with van der Waals surface area (Å²) in [7, 11) is 0. The van der Waals surface area contributed by atoms with Gasteiger partial charge in [-0.1, -0.05) is 23.9 Å².